The van der Waals surface area contributed by atoms with Crippen molar-refractivity contribution in [3.63, 3.8) is 0 Å². The van der Waals surface area contributed by atoms with E-state index in [4.69, 9.17) is 0 Å². The van der Waals surface area contributed by atoms with Crippen LogP contribution in [0.3, 0.4) is 0 Å². The van der Waals surface area contributed by atoms with Crippen molar-refractivity contribution in [3.8, 4) is 0 Å². The number of amides is 1. The van der Waals surface area contributed by atoms with Crippen LogP contribution in [0.15, 0.2) is 18.6 Å². The van der Waals surface area contributed by atoms with Crippen LogP contribution in [-0.2, 0) is 4.79 Å². The zero-order valence-electron chi connectivity index (χ0n) is 9.89. The summed E-state index contributed by atoms with van der Waals surface area (Å²) >= 11 is 0. The lowest BCUT2D eigenvalue weighted by molar-refractivity contribution is -0.132. The molecule has 6 heteroatoms. The number of nitrogens with one attached hydrogen (secondary N) is 2. The Balaban J connectivity index is 1.90. The summed E-state index contributed by atoms with van der Waals surface area (Å²) in [6, 6.07) is 1.49. The van der Waals surface area contributed by atoms with Gasteiger partial charge in [-0.05, 0) is 13.0 Å². The predicted molar refractivity (Wildman–Crippen MR) is 64.6 cm³/mol. The van der Waals surface area contributed by atoms with Gasteiger partial charge in [-0.3, -0.25) is 4.79 Å². The quantitative estimate of drug-likeness (QED) is 0.753. The second-order valence-corrected chi connectivity index (χ2v) is 4.04. The molecule has 1 aliphatic heterocycles. The minimum atomic E-state index is -0.261. The number of aromatic nitrogens is 2. The highest BCUT2D eigenvalue weighted by Gasteiger charge is 2.21. The number of piperazine rings is 1. The normalized spacial score (nSPS) is 17.6. The number of hydrogen-bond donors (Lipinski definition) is 2. The van der Waals surface area contributed by atoms with Crippen LogP contribution < -0.4 is 10.6 Å². The highest BCUT2D eigenvalue weighted by molar-refractivity contribution is 5.84. The van der Waals surface area contributed by atoms with Gasteiger partial charge in [-0.1, -0.05) is 0 Å². The first-order valence-electron chi connectivity index (χ1n) is 5.79. The Morgan fingerprint density at radius 3 is 2.94 bits per heavy atom. The summed E-state index contributed by atoms with van der Waals surface area (Å²) in [5.74, 6) is 0.793. The van der Waals surface area contributed by atoms with Crippen LogP contribution in [0, 0.1) is 0 Å². The first kappa shape index (κ1) is 11.8. The van der Waals surface area contributed by atoms with E-state index in [0.29, 0.717) is 5.82 Å². The minimum Gasteiger partial charge on any atom is -0.359 e. The van der Waals surface area contributed by atoms with E-state index in [-0.39, 0.29) is 11.9 Å². The zero-order valence-corrected chi connectivity index (χ0v) is 9.89. The van der Waals surface area contributed by atoms with Crippen molar-refractivity contribution >= 4 is 11.7 Å². The summed E-state index contributed by atoms with van der Waals surface area (Å²) in [5.41, 5.74) is 0. The standard InChI is InChI=1S/C11H17N5O/c1-9(15-10-2-3-13-8-14-10)11(17)16-6-4-12-5-7-16/h2-3,8-9,12H,4-7H2,1H3,(H,13,14,15). The van der Waals surface area contributed by atoms with Crippen LogP contribution in [0.5, 0.6) is 0 Å². The molecule has 1 aromatic rings. The molecule has 1 amide bonds. The molecule has 0 saturated carbocycles. The molecule has 1 saturated heterocycles. The first-order chi connectivity index (χ1) is 8.27. The van der Waals surface area contributed by atoms with Gasteiger partial charge in [0.2, 0.25) is 5.91 Å². The van der Waals surface area contributed by atoms with Crippen molar-refractivity contribution in [3.05, 3.63) is 18.6 Å². The van der Waals surface area contributed by atoms with Crippen molar-refractivity contribution in [2.75, 3.05) is 31.5 Å². The molecular formula is C11H17N5O. The van der Waals surface area contributed by atoms with E-state index >= 15 is 0 Å². The van der Waals surface area contributed by atoms with Gasteiger partial charge < -0.3 is 15.5 Å². The summed E-state index contributed by atoms with van der Waals surface area (Å²) in [4.78, 5) is 21.8. The maximum atomic E-state index is 12.1. The summed E-state index contributed by atoms with van der Waals surface area (Å²) in [7, 11) is 0. The van der Waals surface area contributed by atoms with E-state index in [1.807, 2.05) is 11.8 Å². The highest BCUT2D eigenvalue weighted by Crippen LogP contribution is 2.05. The molecular weight excluding hydrogens is 218 g/mol. The summed E-state index contributed by atoms with van der Waals surface area (Å²) < 4.78 is 0. The van der Waals surface area contributed by atoms with Gasteiger partial charge in [0, 0.05) is 32.4 Å². The molecule has 0 aromatic carbocycles. The molecule has 0 spiro atoms. The summed E-state index contributed by atoms with van der Waals surface area (Å²) in [5, 5.41) is 6.30. The number of nitrogens with zero attached hydrogens (tertiary/aromatic N) is 3. The van der Waals surface area contributed by atoms with Crippen LogP contribution >= 0.6 is 0 Å². The maximum Gasteiger partial charge on any atom is 0.244 e. The third-order valence-electron chi connectivity index (χ3n) is 2.75. The highest BCUT2D eigenvalue weighted by atomic mass is 16.2. The van der Waals surface area contributed by atoms with Gasteiger partial charge in [0.15, 0.2) is 0 Å². The molecule has 2 N–H and O–H groups in total. The molecule has 1 atom stereocenters. The molecule has 1 aromatic heterocycles. The van der Waals surface area contributed by atoms with E-state index in [9.17, 15) is 4.79 Å². The average molecular weight is 235 g/mol. The van der Waals surface area contributed by atoms with Crippen molar-refractivity contribution in [1.29, 1.82) is 0 Å². The molecule has 1 unspecified atom stereocenters. The fourth-order valence-electron chi connectivity index (χ4n) is 1.82. The van der Waals surface area contributed by atoms with Gasteiger partial charge in [-0.15, -0.1) is 0 Å². The van der Waals surface area contributed by atoms with Crippen molar-refractivity contribution in [2.45, 2.75) is 13.0 Å². The van der Waals surface area contributed by atoms with Gasteiger partial charge in [-0.25, -0.2) is 9.97 Å². The van der Waals surface area contributed by atoms with Gasteiger partial charge in [0.25, 0.3) is 0 Å². The Hall–Kier alpha value is -1.69. The van der Waals surface area contributed by atoms with Crippen LogP contribution in [0.2, 0.25) is 0 Å². The SMILES string of the molecule is CC(Nc1ccncn1)C(=O)N1CCNCC1. The summed E-state index contributed by atoms with van der Waals surface area (Å²) in [6.45, 7) is 5.13. The van der Waals surface area contributed by atoms with Crippen LogP contribution in [0.1, 0.15) is 6.92 Å². The number of anilines is 1. The Morgan fingerprint density at radius 2 is 2.29 bits per heavy atom. The first-order valence-corrected chi connectivity index (χ1v) is 5.79. The Labute approximate surface area is 100 Å². The zero-order chi connectivity index (χ0) is 12.1. The van der Waals surface area contributed by atoms with E-state index in [1.54, 1.807) is 12.3 Å². The van der Waals surface area contributed by atoms with E-state index < -0.39 is 0 Å². The third kappa shape index (κ3) is 3.13. The van der Waals surface area contributed by atoms with Gasteiger partial charge in [0.05, 0.1) is 0 Å². The Kier molecular flexibility index (Phi) is 3.87. The smallest absolute Gasteiger partial charge is 0.244 e. The Morgan fingerprint density at radius 1 is 1.53 bits per heavy atom. The van der Waals surface area contributed by atoms with Crippen LogP contribution in [-0.4, -0.2) is 53.0 Å². The Bertz CT molecular complexity index is 363. The number of carbonyl (C=O) groups excluding carboxylic acids is 1. The van der Waals surface area contributed by atoms with Crippen molar-refractivity contribution < 1.29 is 4.79 Å². The van der Waals surface area contributed by atoms with Crippen LogP contribution in [0.25, 0.3) is 0 Å². The topological polar surface area (TPSA) is 70.2 Å². The molecule has 0 bridgehead atoms. The van der Waals surface area contributed by atoms with Crippen molar-refractivity contribution in [1.82, 2.24) is 20.2 Å². The molecule has 6 nitrogen and oxygen atoms in total. The van der Waals surface area contributed by atoms with E-state index in [2.05, 4.69) is 20.6 Å². The molecule has 1 fully saturated rings. The molecule has 1 aliphatic rings. The monoisotopic (exact) mass is 235 g/mol. The molecule has 0 radical (unpaired) electrons. The van der Waals surface area contributed by atoms with Crippen molar-refractivity contribution in [2.24, 2.45) is 0 Å². The van der Waals surface area contributed by atoms with Gasteiger partial charge >= 0.3 is 0 Å². The van der Waals surface area contributed by atoms with E-state index in [1.165, 1.54) is 6.33 Å². The number of carbonyl (C=O) groups is 1. The van der Waals surface area contributed by atoms with Gasteiger partial charge in [-0.2, -0.15) is 0 Å². The largest absolute Gasteiger partial charge is 0.359 e. The predicted octanol–water partition coefficient (Wildman–Crippen LogP) is -0.291. The minimum absolute atomic E-state index is 0.116. The lowest BCUT2D eigenvalue weighted by atomic mass is 10.2. The molecule has 17 heavy (non-hydrogen) atoms. The van der Waals surface area contributed by atoms with Gasteiger partial charge in [0.1, 0.15) is 18.2 Å². The summed E-state index contributed by atoms with van der Waals surface area (Å²) in [6.07, 6.45) is 3.11. The number of rotatable bonds is 3. The number of hydrogen-bond acceptors (Lipinski definition) is 5. The molecule has 0 aliphatic carbocycles. The van der Waals surface area contributed by atoms with E-state index in [0.717, 1.165) is 26.2 Å². The average Bonchev–Trinajstić information content (AvgIpc) is 2.40. The molecule has 2 rings (SSSR count). The lowest BCUT2D eigenvalue weighted by Crippen LogP contribution is -2.50. The maximum absolute atomic E-state index is 12.1. The lowest BCUT2D eigenvalue weighted by Gasteiger charge is -2.30. The molecule has 92 valence electrons. The fraction of sp³-hybridized carbons (Fsp3) is 0.545. The van der Waals surface area contributed by atoms with Crippen LogP contribution in [0.4, 0.5) is 5.82 Å². The third-order valence-corrected chi connectivity index (χ3v) is 2.75. The second kappa shape index (κ2) is 5.58. The fourth-order valence-corrected chi connectivity index (χ4v) is 1.82. The molecule has 2 heterocycles. The second-order valence-electron chi connectivity index (χ2n) is 4.04.